The molecular weight excluding hydrogens is 275 g/mol. The highest BCUT2D eigenvalue weighted by Gasteiger charge is 2.07. The van der Waals surface area contributed by atoms with E-state index in [9.17, 15) is 4.39 Å². The van der Waals surface area contributed by atoms with Crippen LogP contribution in [0.5, 0.6) is 11.6 Å². The Morgan fingerprint density at radius 2 is 2.12 bits per heavy atom. The summed E-state index contributed by atoms with van der Waals surface area (Å²) in [5.41, 5.74) is 6.06. The molecule has 0 bridgehead atoms. The van der Waals surface area contributed by atoms with Crippen LogP contribution >= 0.6 is 15.9 Å². The van der Waals surface area contributed by atoms with Gasteiger partial charge in [0.1, 0.15) is 11.6 Å². The van der Waals surface area contributed by atoms with E-state index < -0.39 is 0 Å². The topological polar surface area (TPSA) is 48.1 Å². The number of rotatable bonds is 2. The van der Waals surface area contributed by atoms with Crippen LogP contribution in [0.4, 0.5) is 10.1 Å². The van der Waals surface area contributed by atoms with E-state index in [1.165, 1.54) is 12.1 Å². The van der Waals surface area contributed by atoms with Crippen LogP contribution in [0.3, 0.4) is 0 Å². The Morgan fingerprint density at radius 1 is 1.31 bits per heavy atom. The summed E-state index contributed by atoms with van der Waals surface area (Å²) >= 11 is 3.25. The van der Waals surface area contributed by atoms with Crippen LogP contribution in [0.25, 0.3) is 0 Å². The first-order valence-electron chi connectivity index (χ1n) is 4.50. The number of ether oxygens (including phenoxy) is 1. The molecule has 0 saturated heterocycles. The number of anilines is 1. The van der Waals surface area contributed by atoms with E-state index >= 15 is 0 Å². The summed E-state index contributed by atoms with van der Waals surface area (Å²) < 4.78 is 19.0. The number of pyridine rings is 1. The van der Waals surface area contributed by atoms with Gasteiger partial charge in [0.05, 0.1) is 10.2 Å². The van der Waals surface area contributed by atoms with Crippen molar-refractivity contribution in [1.29, 1.82) is 0 Å². The zero-order valence-corrected chi connectivity index (χ0v) is 9.74. The van der Waals surface area contributed by atoms with Crippen molar-refractivity contribution in [3.63, 3.8) is 0 Å². The molecule has 5 heteroatoms. The van der Waals surface area contributed by atoms with Gasteiger partial charge in [0.25, 0.3) is 0 Å². The van der Waals surface area contributed by atoms with Gasteiger partial charge in [-0.05, 0) is 40.2 Å². The van der Waals surface area contributed by atoms with Gasteiger partial charge in [-0.25, -0.2) is 9.37 Å². The van der Waals surface area contributed by atoms with Crippen molar-refractivity contribution < 1.29 is 9.13 Å². The highest BCUT2D eigenvalue weighted by Crippen LogP contribution is 2.31. The number of benzene rings is 1. The number of nitrogens with two attached hydrogens (primary N) is 1. The Morgan fingerprint density at radius 3 is 2.88 bits per heavy atom. The fourth-order valence-corrected chi connectivity index (χ4v) is 1.48. The summed E-state index contributed by atoms with van der Waals surface area (Å²) in [5, 5.41) is 0. The summed E-state index contributed by atoms with van der Waals surface area (Å²) in [6.45, 7) is 0. The van der Waals surface area contributed by atoms with Gasteiger partial charge in [0, 0.05) is 12.3 Å². The average Bonchev–Trinajstić information content (AvgIpc) is 2.27. The quantitative estimate of drug-likeness (QED) is 0.919. The maximum atomic E-state index is 13.0. The van der Waals surface area contributed by atoms with Crippen molar-refractivity contribution in [2.45, 2.75) is 0 Å². The molecule has 0 spiro atoms. The Balaban J connectivity index is 2.34. The van der Waals surface area contributed by atoms with Gasteiger partial charge < -0.3 is 10.5 Å². The Bertz CT molecular complexity index is 519. The summed E-state index contributed by atoms with van der Waals surface area (Å²) in [6, 6.07) is 7.51. The Kier molecular flexibility index (Phi) is 3.05. The van der Waals surface area contributed by atoms with E-state index in [0.29, 0.717) is 15.9 Å². The van der Waals surface area contributed by atoms with Crippen molar-refractivity contribution in [3.8, 4) is 11.6 Å². The monoisotopic (exact) mass is 282 g/mol. The number of halogens is 2. The lowest BCUT2D eigenvalue weighted by molar-refractivity contribution is 0.458. The Hall–Kier alpha value is -1.62. The van der Waals surface area contributed by atoms with Crippen molar-refractivity contribution >= 4 is 21.6 Å². The van der Waals surface area contributed by atoms with Gasteiger partial charge in [0.2, 0.25) is 5.88 Å². The van der Waals surface area contributed by atoms with Crippen LogP contribution in [-0.2, 0) is 0 Å². The number of hydrogen-bond donors (Lipinski definition) is 1. The van der Waals surface area contributed by atoms with Gasteiger partial charge in [-0.15, -0.1) is 0 Å². The van der Waals surface area contributed by atoms with Crippen LogP contribution < -0.4 is 10.5 Å². The molecule has 0 aliphatic carbocycles. The maximum absolute atomic E-state index is 13.0. The molecule has 2 N–H and O–H groups in total. The molecule has 0 radical (unpaired) electrons. The molecule has 1 heterocycles. The van der Waals surface area contributed by atoms with Gasteiger partial charge in [-0.1, -0.05) is 0 Å². The predicted molar refractivity (Wildman–Crippen MR) is 62.8 cm³/mol. The number of aromatic nitrogens is 1. The van der Waals surface area contributed by atoms with E-state index in [1.807, 2.05) is 0 Å². The molecule has 82 valence electrons. The molecule has 0 saturated carbocycles. The molecule has 0 fully saturated rings. The zero-order chi connectivity index (χ0) is 11.5. The third-order valence-corrected chi connectivity index (χ3v) is 2.56. The van der Waals surface area contributed by atoms with Crippen molar-refractivity contribution in [2.24, 2.45) is 0 Å². The minimum absolute atomic E-state index is 0.258. The lowest BCUT2D eigenvalue weighted by atomic mass is 10.3. The van der Waals surface area contributed by atoms with Crippen molar-refractivity contribution in [2.75, 3.05) is 5.73 Å². The molecule has 0 aliphatic rings. The molecule has 0 atom stereocenters. The summed E-state index contributed by atoms with van der Waals surface area (Å²) in [4.78, 5) is 3.95. The van der Waals surface area contributed by atoms with Crippen LogP contribution in [0.2, 0.25) is 0 Å². The van der Waals surface area contributed by atoms with Gasteiger partial charge >= 0.3 is 0 Å². The summed E-state index contributed by atoms with van der Waals surface area (Å²) in [7, 11) is 0. The lowest BCUT2D eigenvalue weighted by Crippen LogP contribution is -1.95. The predicted octanol–water partition coefficient (Wildman–Crippen LogP) is 3.36. The van der Waals surface area contributed by atoms with Crippen LogP contribution in [0.15, 0.2) is 41.0 Å². The normalized spacial score (nSPS) is 10.1. The summed E-state index contributed by atoms with van der Waals surface area (Å²) in [6.07, 6.45) is 1.55. The minimum Gasteiger partial charge on any atom is -0.436 e. The molecule has 16 heavy (non-hydrogen) atoms. The second-order valence-electron chi connectivity index (χ2n) is 3.07. The smallest absolute Gasteiger partial charge is 0.242 e. The standard InChI is InChI=1S/C11H8BrFN2O/c12-8-4-3-7(13)6-10(8)16-11-9(14)2-1-5-15-11/h1-6H,14H2. The van der Waals surface area contributed by atoms with E-state index in [0.717, 1.165) is 0 Å². The third kappa shape index (κ3) is 2.30. The first kappa shape index (κ1) is 10.9. The van der Waals surface area contributed by atoms with E-state index in [1.54, 1.807) is 24.4 Å². The fourth-order valence-electron chi connectivity index (χ4n) is 1.15. The molecule has 2 rings (SSSR count). The van der Waals surface area contributed by atoms with Gasteiger partial charge in [0.15, 0.2) is 0 Å². The minimum atomic E-state index is -0.382. The van der Waals surface area contributed by atoms with Crippen molar-refractivity contribution in [3.05, 3.63) is 46.8 Å². The van der Waals surface area contributed by atoms with E-state index in [4.69, 9.17) is 10.5 Å². The maximum Gasteiger partial charge on any atom is 0.242 e. The number of hydrogen-bond acceptors (Lipinski definition) is 3. The highest BCUT2D eigenvalue weighted by atomic mass is 79.9. The van der Waals surface area contributed by atoms with Gasteiger partial charge in [-0.2, -0.15) is 0 Å². The SMILES string of the molecule is Nc1cccnc1Oc1cc(F)ccc1Br. The molecule has 0 amide bonds. The van der Waals surface area contributed by atoms with E-state index in [2.05, 4.69) is 20.9 Å². The highest BCUT2D eigenvalue weighted by molar-refractivity contribution is 9.10. The Labute approximate surface area is 100 Å². The zero-order valence-electron chi connectivity index (χ0n) is 8.15. The molecule has 1 aromatic heterocycles. The molecule has 3 nitrogen and oxygen atoms in total. The molecule has 0 aliphatic heterocycles. The third-order valence-electron chi connectivity index (χ3n) is 1.90. The molecular formula is C11H8BrFN2O. The largest absolute Gasteiger partial charge is 0.436 e. The number of nitrogen functional groups attached to an aromatic ring is 1. The second kappa shape index (κ2) is 4.49. The molecule has 0 unspecified atom stereocenters. The van der Waals surface area contributed by atoms with E-state index in [-0.39, 0.29) is 11.7 Å². The van der Waals surface area contributed by atoms with Crippen LogP contribution in [0, 0.1) is 5.82 Å². The second-order valence-corrected chi connectivity index (χ2v) is 3.93. The molecule has 2 aromatic rings. The first-order valence-corrected chi connectivity index (χ1v) is 5.29. The van der Waals surface area contributed by atoms with Crippen LogP contribution in [-0.4, -0.2) is 4.98 Å². The van der Waals surface area contributed by atoms with Crippen LogP contribution in [0.1, 0.15) is 0 Å². The van der Waals surface area contributed by atoms with Gasteiger partial charge in [-0.3, -0.25) is 0 Å². The first-order chi connectivity index (χ1) is 7.66. The van der Waals surface area contributed by atoms with Crippen molar-refractivity contribution in [1.82, 2.24) is 4.98 Å². The summed E-state index contributed by atoms with van der Waals surface area (Å²) in [5.74, 6) is 0.215. The lowest BCUT2D eigenvalue weighted by Gasteiger charge is -2.08. The average molecular weight is 283 g/mol. The molecule has 1 aromatic carbocycles. The number of nitrogens with zero attached hydrogens (tertiary/aromatic N) is 1. The fraction of sp³-hybridized carbons (Fsp3) is 0.